The number of hydrogen-bond acceptors (Lipinski definition) is 6. The minimum atomic E-state index is -0.977. The Bertz CT molecular complexity index is 1480. The zero-order valence-corrected chi connectivity index (χ0v) is 18.1. The Kier molecular flexibility index (Phi) is 5.61. The van der Waals surface area contributed by atoms with Crippen molar-refractivity contribution in [2.45, 2.75) is 13.0 Å². The van der Waals surface area contributed by atoms with Gasteiger partial charge in [0.15, 0.2) is 5.82 Å². The number of rotatable bonds is 7. The van der Waals surface area contributed by atoms with Gasteiger partial charge >= 0.3 is 5.97 Å². The molecule has 3 N–H and O–H groups in total. The summed E-state index contributed by atoms with van der Waals surface area (Å²) in [6, 6.07) is 24.3. The number of carboxylic acids is 1. The lowest BCUT2D eigenvalue weighted by molar-refractivity contribution is 0.0696. The molecule has 0 saturated carbocycles. The molecule has 0 aliphatic heterocycles. The molecular weight excluding hydrogens is 430 g/mol. The van der Waals surface area contributed by atoms with Crippen LogP contribution in [0, 0.1) is 0 Å². The van der Waals surface area contributed by atoms with E-state index in [1.807, 2.05) is 60.7 Å². The molecule has 5 aromatic rings. The average Bonchev–Trinajstić information content (AvgIpc) is 3.23. The van der Waals surface area contributed by atoms with Crippen LogP contribution in [0.4, 0.5) is 5.82 Å². The highest BCUT2D eigenvalue weighted by molar-refractivity contribution is 5.88. The number of nitrogen functional groups attached to an aromatic ring is 1. The first-order valence-electron chi connectivity index (χ1n) is 10.7. The van der Waals surface area contributed by atoms with Crippen molar-refractivity contribution in [3.63, 3.8) is 0 Å². The van der Waals surface area contributed by atoms with Crippen molar-refractivity contribution >= 4 is 17.3 Å². The Morgan fingerprint density at radius 3 is 2.59 bits per heavy atom. The minimum absolute atomic E-state index is 0.219. The fourth-order valence-electron chi connectivity index (χ4n) is 3.80. The summed E-state index contributed by atoms with van der Waals surface area (Å²) in [7, 11) is 0. The van der Waals surface area contributed by atoms with Gasteiger partial charge in [-0.15, -0.1) is 0 Å². The van der Waals surface area contributed by atoms with Crippen LogP contribution in [0.5, 0.6) is 5.75 Å². The molecule has 168 valence electrons. The fraction of sp³-hybridized carbons (Fsp3) is 0.0769. The molecule has 0 bridgehead atoms. The van der Waals surface area contributed by atoms with Crippen LogP contribution in [0.2, 0.25) is 0 Å². The van der Waals surface area contributed by atoms with Crippen LogP contribution >= 0.6 is 0 Å². The number of fused-ring (bicyclic) bond motifs is 1. The predicted molar refractivity (Wildman–Crippen MR) is 128 cm³/mol. The number of carbonyl (C=O) groups is 1. The number of imidazole rings is 1. The van der Waals surface area contributed by atoms with Gasteiger partial charge in [-0.25, -0.2) is 19.3 Å². The van der Waals surface area contributed by atoms with Crippen molar-refractivity contribution in [1.82, 2.24) is 19.6 Å². The van der Waals surface area contributed by atoms with Gasteiger partial charge in [0.1, 0.15) is 35.7 Å². The lowest BCUT2D eigenvalue weighted by atomic mass is 10.1. The minimum Gasteiger partial charge on any atom is -0.489 e. The van der Waals surface area contributed by atoms with Gasteiger partial charge in [-0.3, -0.25) is 0 Å². The molecule has 2 aromatic heterocycles. The maximum atomic E-state index is 11.4. The van der Waals surface area contributed by atoms with Gasteiger partial charge in [0.05, 0.1) is 5.56 Å². The van der Waals surface area contributed by atoms with Crippen LogP contribution in [0.1, 0.15) is 27.3 Å². The topological polar surface area (TPSA) is 116 Å². The molecule has 5 rings (SSSR count). The van der Waals surface area contributed by atoms with Gasteiger partial charge in [-0.05, 0) is 35.4 Å². The SMILES string of the molecule is Nc1ncnn2c(Cc3cccc(C(=O)O)c3)nc(-c3cccc(OCc4ccccc4)c3)c12. The summed E-state index contributed by atoms with van der Waals surface area (Å²) >= 11 is 0. The number of hydrogen-bond donors (Lipinski definition) is 2. The summed E-state index contributed by atoms with van der Waals surface area (Å²) in [5, 5.41) is 13.7. The van der Waals surface area contributed by atoms with Gasteiger partial charge in [-0.1, -0.05) is 54.6 Å². The summed E-state index contributed by atoms with van der Waals surface area (Å²) < 4.78 is 7.64. The molecule has 0 aliphatic rings. The Morgan fingerprint density at radius 2 is 1.76 bits per heavy atom. The number of aromatic nitrogens is 4. The van der Waals surface area contributed by atoms with Crippen LogP contribution in [0.25, 0.3) is 16.8 Å². The van der Waals surface area contributed by atoms with Crippen molar-refractivity contribution in [3.05, 3.63) is 108 Å². The van der Waals surface area contributed by atoms with Gasteiger partial charge < -0.3 is 15.6 Å². The highest BCUT2D eigenvalue weighted by Crippen LogP contribution is 2.30. The zero-order chi connectivity index (χ0) is 23.5. The molecule has 0 fully saturated rings. The first kappa shape index (κ1) is 21.1. The first-order chi connectivity index (χ1) is 16.6. The molecule has 0 amide bonds. The fourth-order valence-corrected chi connectivity index (χ4v) is 3.80. The summed E-state index contributed by atoms with van der Waals surface area (Å²) in [5.74, 6) is 0.652. The Labute approximate surface area is 195 Å². The van der Waals surface area contributed by atoms with Gasteiger partial charge in [0.25, 0.3) is 0 Å². The van der Waals surface area contributed by atoms with Gasteiger partial charge in [-0.2, -0.15) is 5.10 Å². The Hall–Kier alpha value is -4.72. The molecule has 34 heavy (non-hydrogen) atoms. The number of nitrogens with zero attached hydrogens (tertiary/aromatic N) is 4. The van der Waals surface area contributed by atoms with Crippen molar-refractivity contribution in [2.24, 2.45) is 0 Å². The maximum absolute atomic E-state index is 11.4. The van der Waals surface area contributed by atoms with E-state index in [4.69, 9.17) is 15.5 Å². The standard InChI is InChI=1S/C26H21N5O3/c27-25-24-23(19-9-5-11-21(14-19)34-15-17-6-2-1-3-7-17)30-22(31(24)29-16-28-25)13-18-8-4-10-20(12-18)26(32)33/h1-12,14,16H,13,15H2,(H,32,33)(H2,27,28,29). The average molecular weight is 451 g/mol. The van der Waals surface area contributed by atoms with Crippen molar-refractivity contribution < 1.29 is 14.6 Å². The van der Waals surface area contributed by atoms with Crippen molar-refractivity contribution in [3.8, 4) is 17.0 Å². The van der Waals surface area contributed by atoms with Crippen LogP contribution in [-0.2, 0) is 13.0 Å². The van der Waals surface area contributed by atoms with Crippen LogP contribution in [0.3, 0.4) is 0 Å². The molecule has 2 heterocycles. The van der Waals surface area contributed by atoms with E-state index in [0.29, 0.717) is 41.6 Å². The number of ether oxygens (including phenoxy) is 1. The molecule has 8 heteroatoms. The van der Waals surface area contributed by atoms with E-state index in [0.717, 1.165) is 16.7 Å². The number of nitrogens with two attached hydrogens (primary N) is 1. The zero-order valence-electron chi connectivity index (χ0n) is 18.1. The molecule has 8 nitrogen and oxygen atoms in total. The van der Waals surface area contributed by atoms with E-state index < -0.39 is 5.97 Å². The molecule has 0 saturated heterocycles. The predicted octanol–water partition coefficient (Wildman–Crippen LogP) is 4.24. The molecule has 0 aliphatic carbocycles. The highest BCUT2D eigenvalue weighted by Gasteiger charge is 2.18. The third kappa shape index (κ3) is 4.29. The van der Waals surface area contributed by atoms with Crippen molar-refractivity contribution in [1.29, 1.82) is 0 Å². The molecule has 3 aromatic carbocycles. The third-order valence-corrected chi connectivity index (χ3v) is 5.42. The van der Waals surface area contributed by atoms with Gasteiger partial charge in [0.2, 0.25) is 0 Å². The Balaban J connectivity index is 1.51. The lowest BCUT2D eigenvalue weighted by Crippen LogP contribution is -2.04. The second-order valence-electron chi connectivity index (χ2n) is 7.77. The monoisotopic (exact) mass is 451 g/mol. The van der Waals surface area contributed by atoms with E-state index in [1.54, 1.807) is 22.7 Å². The molecule has 0 unspecified atom stereocenters. The van der Waals surface area contributed by atoms with Gasteiger partial charge in [0, 0.05) is 12.0 Å². The largest absolute Gasteiger partial charge is 0.489 e. The molecule has 0 atom stereocenters. The normalized spacial score (nSPS) is 10.9. The van der Waals surface area contributed by atoms with E-state index in [9.17, 15) is 9.90 Å². The smallest absolute Gasteiger partial charge is 0.335 e. The summed E-state index contributed by atoms with van der Waals surface area (Å²) in [5.41, 5.74) is 10.3. The number of benzene rings is 3. The number of carboxylic acid groups (broad SMARTS) is 1. The van der Waals surface area contributed by atoms with Crippen LogP contribution < -0.4 is 10.5 Å². The van der Waals surface area contributed by atoms with Crippen LogP contribution in [0.15, 0.2) is 85.2 Å². The lowest BCUT2D eigenvalue weighted by Gasteiger charge is -2.08. The van der Waals surface area contributed by atoms with E-state index in [1.165, 1.54) is 6.33 Å². The summed E-state index contributed by atoms with van der Waals surface area (Å²) in [4.78, 5) is 20.3. The van der Waals surface area contributed by atoms with Crippen LogP contribution in [-0.4, -0.2) is 30.7 Å². The number of anilines is 1. The second kappa shape index (κ2) is 9.03. The van der Waals surface area contributed by atoms with E-state index in [2.05, 4.69) is 10.1 Å². The van der Waals surface area contributed by atoms with E-state index in [-0.39, 0.29) is 5.56 Å². The first-order valence-corrected chi connectivity index (χ1v) is 10.7. The second-order valence-corrected chi connectivity index (χ2v) is 7.77. The Morgan fingerprint density at radius 1 is 0.971 bits per heavy atom. The third-order valence-electron chi connectivity index (χ3n) is 5.42. The molecular formula is C26H21N5O3. The molecule has 0 spiro atoms. The van der Waals surface area contributed by atoms with Crippen molar-refractivity contribution in [2.75, 3.05) is 5.73 Å². The quantitative estimate of drug-likeness (QED) is 0.380. The summed E-state index contributed by atoms with van der Waals surface area (Å²) in [6.07, 6.45) is 1.76. The maximum Gasteiger partial charge on any atom is 0.335 e. The number of aromatic carboxylic acids is 1. The highest BCUT2D eigenvalue weighted by atomic mass is 16.5. The van der Waals surface area contributed by atoms with E-state index >= 15 is 0 Å². The summed E-state index contributed by atoms with van der Waals surface area (Å²) in [6.45, 7) is 0.449. The molecule has 0 radical (unpaired) electrons.